The van der Waals surface area contributed by atoms with Crippen molar-refractivity contribution in [3.63, 3.8) is 0 Å². The highest BCUT2D eigenvalue weighted by molar-refractivity contribution is 5.89. The Bertz CT molecular complexity index is 839. The van der Waals surface area contributed by atoms with Gasteiger partial charge in [-0.05, 0) is 37.6 Å². The molecule has 0 spiro atoms. The summed E-state index contributed by atoms with van der Waals surface area (Å²) in [4.78, 5) is 40.8. The lowest BCUT2D eigenvalue weighted by Crippen LogP contribution is -2.34. The van der Waals surface area contributed by atoms with Gasteiger partial charge < -0.3 is 19.6 Å². The summed E-state index contributed by atoms with van der Waals surface area (Å²) in [5.74, 6) is -0.000829. The molecule has 132 valence electrons. The van der Waals surface area contributed by atoms with Gasteiger partial charge in [0, 0.05) is 30.8 Å². The smallest absolute Gasteiger partial charge is 0.253 e. The molecule has 7 heteroatoms. The topological polar surface area (TPSA) is 95.4 Å². The predicted molar refractivity (Wildman–Crippen MR) is 90.6 cm³/mol. The van der Waals surface area contributed by atoms with Gasteiger partial charge in [0.25, 0.3) is 5.56 Å². The molecule has 0 radical (unpaired) electrons. The van der Waals surface area contributed by atoms with E-state index in [1.54, 1.807) is 23.3 Å². The van der Waals surface area contributed by atoms with Crippen molar-refractivity contribution in [1.82, 2.24) is 15.2 Å². The third-order valence-corrected chi connectivity index (χ3v) is 4.45. The van der Waals surface area contributed by atoms with Crippen LogP contribution in [0.1, 0.15) is 29.0 Å². The van der Waals surface area contributed by atoms with Crippen LogP contribution >= 0.6 is 0 Å². The molecule has 1 saturated heterocycles. The zero-order chi connectivity index (χ0) is 18.0. The minimum Gasteiger partial charge on any atom is -0.467 e. The molecule has 2 aromatic heterocycles. The van der Waals surface area contributed by atoms with Gasteiger partial charge in [0.1, 0.15) is 5.76 Å². The number of hydrogen-bond donors (Lipinski definition) is 2. The molecular weight excluding hydrogens is 322 g/mol. The molecule has 3 rings (SSSR count). The van der Waals surface area contributed by atoms with E-state index in [0.717, 1.165) is 11.3 Å². The van der Waals surface area contributed by atoms with E-state index < -0.39 is 5.92 Å². The van der Waals surface area contributed by atoms with Crippen LogP contribution in [0.2, 0.25) is 0 Å². The van der Waals surface area contributed by atoms with E-state index in [1.165, 1.54) is 0 Å². The fourth-order valence-corrected chi connectivity index (χ4v) is 3.11. The van der Waals surface area contributed by atoms with Crippen LogP contribution in [0.3, 0.4) is 0 Å². The van der Waals surface area contributed by atoms with Gasteiger partial charge in [-0.2, -0.15) is 0 Å². The van der Waals surface area contributed by atoms with Gasteiger partial charge in [-0.3, -0.25) is 14.4 Å². The number of likely N-dealkylation sites (tertiary alicyclic amines) is 1. The number of aromatic nitrogens is 1. The molecule has 0 bridgehead atoms. The first-order valence-electron chi connectivity index (χ1n) is 8.21. The lowest BCUT2D eigenvalue weighted by atomic mass is 10.1. The van der Waals surface area contributed by atoms with Gasteiger partial charge in [-0.1, -0.05) is 0 Å². The number of carbonyl (C=O) groups is 2. The summed E-state index contributed by atoms with van der Waals surface area (Å²) in [5.41, 5.74) is 1.96. The van der Waals surface area contributed by atoms with Crippen molar-refractivity contribution in [2.45, 2.75) is 33.4 Å². The van der Waals surface area contributed by atoms with Crippen LogP contribution in [0.5, 0.6) is 0 Å². The summed E-state index contributed by atoms with van der Waals surface area (Å²) in [7, 11) is 0. The molecule has 1 fully saturated rings. The summed E-state index contributed by atoms with van der Waals surface area (Å²) >= 11 is 0. The van der Waals surface area contributed by atoms with Gasteiger partial charge in [0.05, 0.1) is 18.7 Å². The maximum Gasteiger partial charge on any atom is 0.253 e. The van der Waals surface area contributed by atoms with Crippen LogP contribution in [0.25, 0.3) is 0 Å². The van der Waals surface area contributed by atoms with E-state index in [9.17, 15) is 14.4 Å². The molecule has 1 atom stereocenters. The Labute approximate surface area is 145 Å². The third-order valence-electron chi connectivity index (χ3n) is 4.45. The zero-order valence-corrected chi connectivity index (χ0v) is 14.3. The highest BCUT2D eigenvalue weighted by Gasteiger charge is 2.34. The van der Waals surface area contributed by atoms with Gasteiger partial charge >= 0.3 is 0 Å². The van der Waals surface area contributed by atoms with Crippen molar-refractivity contribution in [1.29, 1.82) is 0 Å². The first-order valence-corrected chi connectivity index (χ1v) is 8.21. The van der Waals surface area contributed by atoms with Gasteiger partial charge in [-0.25, -0.2) is 0 Å². The summed E-state index contributed by atoms with van der Waals surface area (Å²) < 4.78 is 5.25. The van der Waals surface area contributed by atoms with Crippen LogP contribution in [-0.4, -0.2) is 28.2 Å². The predicted octanol–water partition coefficient (Wildman–Crippen LogP) is 1.25. The standard InChI is InChI=1S/C18H21N3O4/c1-11-6-12(2)20-18(24)15(11)8-19-17(23)13-7-16(22)21(9-13)10-14-4-3-5-25-14/h3-6,13H,7-10H2,1-2H3,(H,19,23)(H,20,24)/t13-/m0/s1. The maximum atomic E-state index is 12.4. The Morgan fingerprint density at radius 2 is 2.20 bits per heavy atom. The van der Waals surface area contributed by atoms with Crippen molar-refractivity contribution < 1.29 is 14.0 Å². The van der Waals surface area contributed by atoms with Crippen molar-refractivity contribution >= 4 is 11.8 Å². The number of H-pyrrole nitrogens is 1. The van der Waals surface area contributed by atoms with Crippen LogP contribution in [0, 0.1) is 19.8 Å². The Morgan fingerprint density at radius 1 is 1.40 bits per heavy atom. The van der Waals surface area contributed by atoms with E-state index in [1.807, 2.05) is 19.9 Å². The molecule has 1 aliphatic rings. The molecule has 3 heterocycles. The van der Waals surface area contributed by atoms with E-state index >= 15 is 0 Å². The van der Waals surface area contributed by atoms with Gasteiger partial charge in [0.2, 0.25) is 11.8 Å². The molecule has 7 nitrogen and oxygen atoms in total. The number of hydrogen-bond acceptors (Lipinski definition) is 4. The molecule has 2 N–H and O–H groups in total. The van der Waals surface area contributed by atoms with Gasteiger partial charge in [0.15, 0.2) is 0 Å². The second-order valence-electron chi connectivity index (χ2n) is 6.42. The fourth-order valence-electron chi connectivity index (χ4n) is 3.11. The van der Waals surface area contributed by atoms with Crippen molar-refractivity contribution in [3.8, 4) is 0 Å². The Morgan fingerprint density at radius 3 is 2.88 bits per heavy atom. The average Bonchev–Trinajstić information content (AvgIpc) is 3.17. The number of amides is 2. The molecule has 2 aromatic rings. The number of nitrogens with one attached hydrogen (secondary N) is 2. The summed E-state index contributed by atoms with van der Waals surface area (Å²) in [6, 6.07) is 5.43. The second kappa shape index (κ2) is 6.96. The van der Waals surface area contributed by atoms with Crippen LogP contribution in [0.15, 0.2) is 33.7 Å². The molecule has 0 unspecified atom stereocenters. The molecule has 25 heavy (non-hydrogen) atoms. The summed E-state index contributed by atoms with van der Waals surface area (Å²) in [6.45, 7) is 4.53. The highest BCUT2D eigenvalue weighted by Crippen LogP contribution is 2.20. The van der Waals surface area contributed by atoms with E-state index in [4.69, 9.17) is 4.42 Å². The normalized spacial score (nSPS) is 17.1. The van der Waals surface area contributed by atoms with E-state index in [2.05, 4.69) is 10.3 Å². The first-order chi connectivity index (χ1) is 11.9. The Kier molecular flexibility index (Phi) is 4.74. The minimum atomic E-state index is -0.410. The van der Waals surface area contributed by atoms with E-state index in [0.29, 0.717) is 24.4 Å². The lowest BCUT2D eigenvalue weighted by molar-refractivity contribution is -0.129. The fraction of sp³-hybridized carbons (Fsp3) is 0.389. The molecule has 1 aliphatic heterocycles. The number of aromatic amines is 1. The summed E-state index contributed by atoms with van der Waals surface area (Å²) in [6.07, 6.45) is 1.73. The Hall–Kier alpha value is -2.83. The number of aryl methyl sites for hydroxylation is 2. The number of furan rings is 1. The number of carbonyl (C=O) groups excluding carboxylic acids is 2. The lowest BCUT2D eigenvalue weighted by Gasteiger charge is -2.15. The quantitative estimate of drug-likeness (QED) is 0.854. The second-order valence-corrected chi connectivity index (χ2v) is 6.42. The molecule has 2 amide bonds. The largest absolute Gasteiger partial charge is 0.467 e. The highest BCUT2D eigenvalue weighted by atomic mass is 16.3. The van der Waals surface area contributed by atoms with Crippen LogP contribution in [0.4, 0.5) is 0 Å². The van der Waals surface area contributed by atoms with Crippen molar-refractivity contribution in [3.05, 3.63) is 57.4 Å². The Balaban J connectivity index is 1.59. The van der Waals surface area contributed by atoms with Gasteiger partial charge in [-0.15, -0.1) is 0 Å². The summed E-state index contributed by atoms with van der Waals surface area (Å²) in [5, 5.41) is 2.78. The van der Waals surface area contributed by atoms with Crippen molar-refractivity contribution in [2.24, 2.45) is 5.92 Å². The number of nitrogens with zero attached hydrogens (tertiary/aromatic N) is 1. The molecule has 0 aliphatic carbocycles. The number of rotatable bonds is 5. The molecule has 0 aromatic carbocycles. The minimum absolute atomic E-state index is 0.0686. The third kappa shape index (κ3) is 3.81. The first kappa shape index (κ1) is 17.0. The average molecular weight is 343 g/mol. The molecule has 0 saturated carbocycles. The van der Waals surface area contributed by atoms with E-state index in [-0.39, 0.29) is 30.3 Å². The molecular formula is C18H21N3O4. The van der Waals surface area contributed by atoms with Crippen LogP contribution < -0.4 is 10.9 Å². The SMILES string of the molecule is Cc1cc(C)c(CNC(=O)[C@H]2CC(=O)N(Cc3ccco3)C2)c(=O)[nH]1. The zero-order valence-electron chi connectivity index (χ0n) is 14.3. The maximum absolute atomic E-state index is 12.4. The van der Waals surface area contributed by atoms with Crippen LogP contribution in [-0.2, 0) is 22.7 Å². The number of pyridine rings is 1. The van der Waals surface area contributed by atoms with Crippen molar-refractivity contribution in [2.75, 3.05) is 6.54 Å². The monoisotopic (exact) mass is 343 g/mol.